The Hall–Kier alpha value is -1.55. The minimum absolute atomic E-state index is 0.0724. The van der Waals surface area contributed by atoms with Crippen molar-refractivity contribution in [1.29, 1.82) is 0 Å². The van der Waals surface area contributed by atoms with E-state index in [-0.39, 0.29) is 6.03 Å². The van der Waals surface area contributed by atoms with E-state index in [1.807, 2.05) is 30.3 Å². The summed E-state index contributed by atoms with van der Waals surface area (Å²) in [6, 6.07) is 10.4. The number of rotatable bonds is 7. The van der Waals surface area contributed by atoms with Crippen molar-refractivity contribution in [2.75, 3.05) is 19.6 Å². The van der Waals surface area contributed by atoms with Gasteiger partial charge in [0.05, 0.1) is 0 Å². The quantitative estimate of drug-likeness (QED) is 0.813. The maximum absolute atomic E-state index is 12.0. The molecule has 4 nitrogen and oxygen atoms in total. The zero-order valence-corrected chi connectivity index (χ0v) is 13.8. The molecule has 0 spiro atoms. The van der Waals surface area contributed by atoms with E-state index in [1.165, 1.54) is 25.9 Å². The van der Waals surface area contributed by atoms with Crippen LogP contribution < -0.4 is 10.6 Å². The van der Waals surface area contributed by atoms with Crippen LogP contribution in [0.3, 0.4) is 0 Å². The summed E-state index contributed by atoms with van der Waals surface area (Å²) in [6.45, 7) is 8.15. The smallest absolute Gasteiger partial charge is 0.315 e. The molecule has 0 saturated carbocycles. The van der Waals surface area contributed by atoms with Crippen molar-refractivity contribution in [3.63, 3.8) is 0 Å². The average molecular weight is 303 g/mol. The van der Waals surface area contributed by atoms with Crippen molar-refractivity contribution in [3.05, 3.63) is 35.9 Å². The monoisotopic (exact) mass is 303 g/mol. The van der Waals surface area contributed by atoms with Gasteiger partial charge in [-0.1, -0.05) is 44.2 Å². The number of carbonyl (C=O) groups is 1. The fourth-order valence-corrected chi connectivity index (χ4v) is 3.06. The Morgan fingerprint density at radius 3 is 2.45 bits per heavy atom. The molecule has 0 radical (unpaired) electrons. The molecular formula is C18H29N3O. The second-order valence-corrected chi connectivity index (χ2v) is 6.58. The number of hydrogen-bond donors (Lipinski definition) is 2. The van der Waals surface area contributed by atoms with Gasteiger partial charge in [-0.25, -0.2) is 4.79 Å². The first-order chi connectivity index (χ1) is 10.6. The summed E-state index contributed by atoms with van der Waals surface area (Å²) in [5.41, 5.74) is 1.12. The molecule has 1 saturated heterocycles. The van der Waals surface area contributed by atoms with E-state index < -0.39 is 0 Å². The first-order valence-electron chi connectivity index (χ1n) is 8.45. The largest absolute Gasteiger partial charge is 0.337 e. The minimum atomic E-state index is -0.0724. The lowest BCUT2D eigenvalue weighted by Crippen LogP contribution is -2.46. The van der Waals surface area contributed by atoms with Gasteiger partial charge in [0.2, 0.25) is 0 Å². The van der Waals surface area contributed by atoms with Crippen molar-refractivity contribution < 1.29 is 4.79 Å². The molecule has 22 heavy (non-hydrogen) atoms. The number of benzene rings is 1. The van der Waals surface area contributed by atoms with Gasteiger partial charge < -0.3 is 10.6 Å². The summed E-state index contributed by atoms with van der Waals surface area (Å²) >= 11 is 0. The molecule has 2 amide bonds. The predicted octanol–water partition coefficient (Wildman–Crippen LogP) is 3.00. The highest BCUT2D eigenvalue weighted by atomic mass is 16.2. The molecule has 0 bridgehead atoms. The maximum atomic E-state index is 12.0. The van der Waals surface area contributed by atoms with Crippen LogP contribution in [0.5, 0.6) is 0 Å². The fourth-order valence-electron chi connectivity index (χ4n) is 3.06. The minimum Gasteiger partial charge on any atom is -0.337 e. The van der Waals surface area contributed by atoms with E-state index in [0.717, 1.165) is 18.5 Å². The van der Waals surface area contributed by atoms with Crippen LogP contribution in [0.4, 0.5) is 4.79 Å². The Morgan fingerprint density at radius 1 is 1.14 bits per heavy atom. The van der Waals surface area contributed by atoms with Crippen molar-refractivity contribution in [1.82, 2.24) is 15.5 Å². The second-order valence-electron chi connectivity index (χ2n) is 6.58. The average Bonchev–Trinajstić information content (AvgIpc) is 3.04. The highest BCUT2D eigenvalue weighted by molar-refractivity contribution is 5.73. The molecule has 1 heterocycles. The number of urea groups is 1. The zero-order chi connectivity index (χ0) is 15.8. The second kappa shape index (κ2) is 8.79. The predicted molar refractivity (Wildman–Crippen MR) is 90.7 cm³/mol. The molecule has 4 heteroatoms. The summed E-state index contributed by atoms with van der Waals surface area (Å²) in [6.07, 6.45) is 3.71. The molecule has 1 fully saturated rings. The standard InChI is InChI=1S/C18H29N3O/c1-15(2)12-17(21-10-6-7-11-21)14-20-18(22)19-13-16-8-4-3-5-9-16/h3-5,8-9,15,17H,6-7,10-14H2,1-2H3,(H2,19,20,22). The van der Waals surface area contributed by atoms with Crippen LogP contribution in [0.1, 0.15) is 38.7 Å². The molecule has 1 aromatic carbocycles. The summed E-state index contributed by atoms with van der Waals surface area (Å²) in [7, 11) is 0. The lowest BCUT2D eigenvalue weighted by Gasteiger charge is -2.29. The Kier molecular flexibility index (Phi) is 6.72. The van der Waals surface area contributed by atoms with Crippen molar-refractivity contribution in [3.8, 4) is 0 Å². The van der Waals surface area contributed by atoms with Crippen LogP contribution in [-0.2, 0) is 6.54 Å². The molecule has 122 valence electrons. The van der Waals surface area contributed by atoms with Crippen LogP contribution in [0.2, 0.25) is 0 Å². The van der Waals surface area contributed by atoms with Gasteiger partial charge in [0.15, 0.2) is 0 Å². The Balaban J connectivity index is 1.74. The molecule has 2 N–H and O–H groups in total. The molecular weight excluding hydrogens is 274 g/mol. The number of hydrogen-bond acceptors (Lipinski definition) is 2. The fraction of sp³-hybridized carbons (Fsp3) is 0.611. The Morgan fingerprint density at radius 2 is 1.82 bits per heavy atom. The van der Waals surface area contributed by atoms with E-state index in [1.54, 1.807) is 0 Å². The molecule has 1 aliphatic heterocycles. The van der Waals surface area contributed by atoms with Crippen molar-refractivity contribution in [2.24, 2.45) is 5.92 Å². The third-order valence-electron chi connectivity index (χ3n) is 4.19. The highest BCUT2D eigenvalue weighted by Crippen LogP contribution is 2.17. The third kappa shape index (κ3) is 5.68. The Bertz CT molecular complexity index is 441. The molecule has 1 atom stereocenters. The van der Waals surface area contributed by atoms with Crippen LogP contribution in [-0.4, -0.2) is 36.6 Å². The first kappa shape index (κ1) is 16.8. The van der Waals surface area contributed by atoms with E-state index in [4.69, 9.17) is 0 Å². The lowest BCUT2D eigenvalue weighted by molar-refractivity contribution is 0.201. The highest BCUT2D eigenvalue weighted by Gasteiger charge is 2.23. The zero-order valence-electron chi connectivity index (χ0n) is 13.8. The third-order valence-corrected chi connectivity index (χ3v) is 4.19. The molecule has 1 unspecified atom stereocenters. The van der Waals surface area contributed by atoms with Gasteiger partial charge in [-0.2, -0.15) is 0 Å². The van der Waals surface area contributed by atoms with Crippen LogP contribution in [0.15, 0.2) is 30.3 Å². The molecule has 0 aliphatic carbocycles. The van der Waals surface area contributed by atoms with Gasteiger partial charge in [0, 0.05) is 19.1 Å². The number of likely N-dealkylation sites (tertiary alicyclic amines) is 1. The first-order valence-corrected chi connectivity index (χ1v) is 8.45. The lowest BCUT2D eigenvalue weighted by atomic mass is 10.0. The molecule has 1 aliphatic rings. The Labute approximate surface area is 134 Å². The normalized spacial score (nSPS) is 16.7. The summed E-state index contributed by atoms with van der Waals surface area (Å²) in [5.74, 6) is 0.653. The van der Waals surface area contributed by atoms with Crippen molar-refractivity contribution >= 4 is 6.03 Å². The van der Waals surface area contributed by atoms with E-state index in [2.05, 4.69) is 29.4 Å². The van der Waals surface area contributed by atoms with Gasteiger partial charge in [-0.3, -0.25) is 4.90 Å². The summed E-state index contributed by atoms with van der Waals surface area (Å²) in [5, 5.41) is 5.97. The van der Waals surface area contributed by atoms with E-state index in [0.29, 0.717) is 18.5 Å². The number of amides is 2. The number of nitrogens with one attached hydrogen (secondary N) is 2. The maximum Gasteiger partial charge on any atom is 0.315 e. The summed E-state index contributed by atoms with van der Waals surface area (Å²) < 4.78 is 0. The summed E-state index contributed by atoms with van der Waals surface area (Å²) in [4.78, 5) is 14.5. The number of carbonyl (C=O) groups excluding carboxylic acids is 1. The molecule has 1 aromatic rings. The van der Waals surface area contributed by atoms with Crippen LogP contribution in [0, 0.1) is 5.92 Å². The van der Waals surface area contributed by atoms with Gasteiger partial charge in [0.25, 0.3) is 0 Å². The van der Waals surface area contributed by atoms with Gasteiger partial charge in [-0.15, -0.1) is 0 Å². The number of nitrogens with zero attached hydrogens (tertiary/aromatic N) is 1. The molecule has 2 rings (SSSR count). The van der Waals surface area contributed by atoms with Gasteiger partial charge in [0.1, 0.15) is 0 Å². The van der Waals surface area contributed by atoms with Crippen LogP contribution in [0.25, 0.3) is 0 Å². The van der Waals surface area contributed by atoms with Gasteiger partial charge >= 0.3 is 6.03 Å². The topological polar surface area (TPSA) is 44.4 Å². The van der Waals surface area contributed by atoms with E-state index in [9.17, 15) is 4.79 Å². The van der Waals surface area contributed by atoms with Gasteiger partial charge in [-0.05, 0) is 43.8 Å². The van der Waals surface area contributed by atoms with Crippen molar-refractivity contribution in [2.45, 2.75) is 45.7 Å². The van der Waals surface area contributed by atoms with Crippen LogP contribution >= 0.6 is 0 Å². The molecule has 0 aromatic heterocycles. The SMILES string of the molecule is CC(C)CC(CNC(=O)NCc1ccccc1)N1CCCC1. The van der Waals surface area contributed by atoms with E-state index >= 15 is 0 Å².